The molecule has 0 saturated heterocycles. The second kappa shape index (κ2) is 4.60. The molecule has 1 aromatic heterocycles. The summed E-state index contributed by atoms with van der Waals surface area (Å²) in [6, 6.07) is 11.1. The van der Waals surface area contributed by atoms with Gasteiger partial charge in [0.1, 0.15) is 0 Å². The number of para-hydroxylation sites is 1. The molecule has 0 unspecified atom stereocenters. The molecule has 0 saturated carbocycles. The molecule has 17 heavy (non-hydrogen) atoms. The molecule has 0 aliphatic carbocycles. The number of benzene rings is 1. The molecule has 2 rings (SSSR count). The summed E-state index contributed by atoms with van der Waals surface area (Å²) < 4.78 is 2.41. The van der Waals surface area contributed by atoms with Gasteiger partial charge in [0, 0.05) is 18.7 Å². The Morgan fingerprint density at radius 3 is 2.12 bits per heavy atom. The lowest BCUT2D eigenvalue weighted by Gasteiger charge is -2.37. The number of nitrogens with zero attached hydrogens (tertiary/aromatic N) is 1. The Kier molecular flexibility index (Phi) is 3.32. The van der Waals surface area contributed by atoms with Crippen LogP contribution in [0.1, 0.15) is 20.8 Å². The first-order valence-corrected chi connectivity index (χ1v) is 6.93. The van der Waals surface area contributed by atoms with Crippen LogP contribution in [0.25, 0.3) is 10.9 Å². The molecule has 0 spiro atoms. The van der Waals surface area contributed by atoms with Gasteiger partial charge in [0.15, 0.2) is 0 Å². The Morgan fingerprint density at radius 2 is 1.59 bits per heavy atom. The van der Waals surface area contributed by atoms with E-state index in [9.17, 15) is 0 Å². The summed E-state index contributed by atoms with van der Waals surface area (Å²) in [5, 5.41) is 1.38. The third-order valence-electron chi connectivity index (χ3n) is 4.96. The predicted molar refractivity (Wildman–Crippen MR) is 79.8 cm³/mol. The topological polar surface area (TPSA) is 4.93 Å². The fourth-order valence-corrected chi connectivity index (χ4v) is 3.39. The largest absolute Gasteiger partial charge is 0.386 e. The van der Waals surface area contributed by atoms with Crippen molar-refractivity contribution in [1.82, 2.24) is 4.57 Å². The average molecular weight is 228 g/mol. The van der Waals surface area contributed by atoms with Crippen LogP contribution < -0.4 is 5.59 Å². The summed E-state index contributed by atoms with van der Waals surface area (Å²) >= 11 is 0. The van der Waals surface area contributed by atoms with E-state index in [1.807, 2.05) is 0 Å². The van der Waals surface area contributed by atoms with E-state index < -0.39 is 0 Å². The van der Waals surface area contributed by atoms with E-state index in [1.165, 1.54) is 29.9 Å². The fraction of sp³-hybridized carbons (Fsp3) is 0.467. The van der Waals surface area contributed by atoms with Gasteiger partial charge in [-0.25, -0.2) is 0 Å². The van der Waals surface area contributed by atoms with Crippen molar-refractivity contribution in [3.8, 4) is 0 Å². The number of hydrogen-bond donors (Lipinski definition) is 0. The molecule has 1 heterocycles. The molecule has 0 bridgehead atoms. The van der Waals surface area contributed by atoms with E-state index in [2.05, 4.69) is 62.7 Å². The zero-order chi connectivity index (χ0) is 12.5. The number of hydrogen-bond acceptors (Lipinski definition) is 0. The first-order valence-electron chi connectivity index (χ1n) is 6.93. The van der Waals surface area contributed by atoms with E-state index in [4.69, 9.17) is 0 Å². The van der Waals surface area contributed by atoms with Crippen LogP contribution in [0.5, 0.6) is 0 Å². The summed E-state index contributed by atoms with van der Waals surface area (Å²) in [6.07, 6.45) is 3.45. The summed E-state index contributed by atoms with van der Waals surface area (Å²) in [5.74, 6) is 0. The van der Waals surface area contributed by atoms with Gasteiger partial charge in [0.25, 0.3) is 0 Å². The van der Waals surface area contributed by atoms with Crippen LogP contribution in [-0.2, 0) is 7.05 Å². The lowest BCUT2D eigenvalue weighted by Crippen LogP contribution is -2.48. The maximum atomic E-state index is 2.41. The zero-order valence-electron chi connectivity index (χ0n) is 11.5. The van der Waals surface area contributed by atoms with Gasteiger partial charge in [-0.1, -0.05) is 45.0 Å². The second-order valence-electron chi connectivity index (χ2n) is 5.39. The average Bonchev–Trinajstić information content (AvgIpc) is 2.72. The van der Waals surface area contributed by atoms with Crippen molar-refractivity contribution in [2.24, 2.45) is 7.05 Å². The zero-order valence-corrected chi connectivity index (χ0v) is 11.5. The molecule has 0 fully saturated rings. The second-order valence-corrected chi connectivity index (χ2v) is 5.39. The predicted octanol–water partition coefficient (Wildman–Crippen LogP) is 3.89. The number of aryl methyl sites for hydroxylation is 1. The minimum absolute atomic E-state index is 0.379. The molecule has 1 aromatic carbocycles. The molecular formula is C15H23BN-. The molecule has 0 aliphatic rings. The lowest BCUT2D eigenvalue weighted by atomic mass is 9.19. The number of aromatic nitrogens is 1. The highest BCUT2D eigenvalue weighted by atomic mass is 14.9. The van der Waals surface area contributed by atoms with Gasteiger partial charge in [-0.3, -0.25) is 0 Å². The quantitative estimate of drug-likeness (QED) is 0.699. The van der Waals surface area contributed by atoms with E-state index in [0.717, 1.165) is 0 Å². The maximum absolute atomic E-state index is 2.41. The van der Waals surface area contributed by atoms with Crippen molar-refractivity contribution in [2.75, 3.05) is 0 Å². The first kappa shape index (κ1) is 12.3. The van der Waals surface area contributed by atoms with Gasteiger partial charge in [-0.2, -0.15) is 19.0 Å². The van der Waals surface area contributed by atoms with Crippen LogP contribution in [0.4, 0.5) is 0 Å². The van der Waals surface area contributed by atoms with E-state index in [1.54, 1.807) is 5.59 Å². The molecule has 0 atom stereocenters. The van der Waals surface area contributed by atoms with Crippen molar-refractivity contribution in [1.29, 1.82) is 0 Å². The monoisotopic (exact) mass is 228 g/mol. The Hall–Kier alpha value is -1.18. The van der Waals surface area contributed by atoms with Crippen molar-refractivity contribution >= 4 is 22.6 Å². The van der Waals surface area contributed by atoms with Crippen molar-refractivity contribution in [3.63, 3.8) is 0 Å². The normalized spacial score (nSPS) is 12.2. The molecule has 0 N–H and O–H groups in total. The molecule has 0 amide bonds. The molecular weight excluding hydrogens is 205 g/mol. The highest BCUT2D eigenvalue weighted by Gasteiger charge is 2.23. The van der Waals surface area contributed by atoms with Crippen LogP contribution in [0, 0.1) is 0 Å². The van der Waals surface area contributed by atoms with Crippen LogP contribution in [0.3, 0.4) is 0 Å². The maximum Gasteiger partial charge on any atom is 0.0456 e. The van der Waals surface area contributed by atoms with Gasteiger partial charge >= 0.3 is 0 Å². The Labute approximate surface area is 105 Å². The van der Waals surface area contributed by atoms with Crippen molar-refractivity contribution < 1.29 is 0 Å². The smallest absolute Gasteiger partial charge is 0.0456 e. The van der Waals surface area contributed by atoms with E-state index in [0.29, 0.717) is 0 Å². The van der Waals surface area contributed by atoms with E-state index in [-0.39, 0.29) is 6.15 Å². The molecule has 2 heteroatoms. The summed E-state index contributed by atoms with van der Waals surface area (Å²) in [7, 11) is 2.22. The molecule has 2 aromatic rings. The van der Waals surface area contributed by atoms with E-state index >= 15 is 0 Å². The summed E-state index contributed by atoms with van der Waals surface area (Å²) in [5.41, 5.74) is 2.92. The minimum atomic E-state index is -0.379. The number of fused-ring (bicyclic) bond motifs is 1. The fourth-order valence-electron chi connectivity index (χ4n) is 3.39. The van der Waals surface area contributed by atoms with Crippen LogP contribution in [0.2, 0.25) is 19.0 Å². The Balaban J connectivity index is 2.65. The van der Waals surface area contributed by atoms with Crippen LogP contribution in [-0.4, -0.2) is 10.7 Å². The molecule has 92 valence electrons. The Bertz CT molecular complexity index is 500. The van der Waals surface area contributed by atoms with Crippen molar-refractivity contribution in [2.45, 2.75) is 39.7 Å². The third-order valence-corrected chi connectivity index (χ3v) is 4.96. The molecule has 1 nitrogen and oxygen atoms in total. The van der Waals surface area contributed by atoms with Gasteiger partial charge in [-0.15, -0.1) is 5.59 Å². The standard InChI is InChI=1S/C15H23BN/c1-5-16(6-2,7-3)15-12-13-10-8-9-11-14(13)17(15)4/h8-12H,5-7H2,1-4H3/q-1. The summed E-state index contributed by atoms with van der Waals surface area (Å²) in [6.45, 7) is 7.01. The summed E-state index contributed by atoms with van der Waals surface area (Å²) in [4.78, 5) is 0. The highest BCUT2D eigenvalue weighted by molar-refractivity contribution is 6.91. The van der Waals surface area contributed by atoms with Gasteiger partial charge in [0.2, 0.25) is 0 Å². The first-order chi connectivity index (χ1) is 8.18. The highest BCUT2D eigenvalue weighted by Crippen LogP contribution is 2.23. The Morgan fingerprint density at radius 1 is 1.00 bits per heavy atom. The third kappa shape index (κ3) is 1.80. The SMILES string of the molecule is CC[B-](CC)(CC)c1cc2ccccc2n1C. The minimum Gasteiger partial charge on any atom is -0.386 e. The van der Waals surface area contributed by atoms with Gasteiger partial charge in [0.05, 0.1) is 0 Å². The van der Waals surface area contributed by atoms with Crippen molar-refractivity contribution in [3.05, 3.63) is 30.3 Å². The molecule has 0 radical (unpaired) electrons. The van der Waals surface area contributed by atoms with Gasteiger partial charge < -0.3 is 4.57 Å². The van der Waals surface area contributed by atoms with Gasteiger partial charge in [-0.05, 0) is 11.5 Å². The van der Waals surface area contributed by atoms with Crippen LogP contribution >= 0.6 is 0 Å². The lowest BCUT2D eigenvalue weighted by molar-refractivity contribution is 0.983. The van der Waals surface area contributed by atoms with Crippen LogP contribution in [0.15, 0.2) is 30.3 Å². The molecule has 0 aliphatic heterocycles. The number of rotatable bonds is 4.